The molecule has 0 aromatic heterocycles. The average molecular weight is 455 g/mol. The number of hydrogen-bond donors (Lipinski definition) is 1. The van der Waals surface area contributed by atoms with Crippen LogP contribution in [0, 0.1) is 56.2 Å². The van der Waals surface area contributed by atoms with E-state index in [1.807, 2.05) is 0 Å². The van der Waals surface area contributed by atoms with E-state index in [0.29, 0.717) is 23.0 Å². The fourth-order valence-corrected chi connectivity index (χ4v) is 11.6. The summed E-state index contributed by atoms with van der Waals surface area (Å²) in [4.78, 5) is 26.5. The predicted octanol–water partition coefficient (Wildman–Crippen LogP) is 7.30. The Hall–Kier alpha value is -1.12. The molecule has 0 saturated heterocycles. The number of carbonyl (C=O) groups is 2. The number of Topliss-reactive ketones (excluding diaryl/α,β-unsaturated/α-hetero) is 1. The Labute approximate surface area is 201 Å². The van der Waals surface area contributed by atoms with Crippen LogP contribution >= 0.6 is 0 Å². The van der Waals surface area contributed by atoms with Gasteiger partial charge >= 0.3 is 5.97 Å². The van der Waals surface area contributed by atoms with Gasteiger partial charge in [0.05, 0.1) is 11.8 Å². The third kappa shape index (κ3) is 2.39. The molecule has 0 aliphatic heterocycles. The van der Waals surface area contributed by atoms with E-state index in [1.165, 1.54) is 24.8 Å². The lowest BCUT2D eigenvalue weighted by Gasteiger charge is -2.69. The first-order valence-corrected chi connectivity index (χ1v) is 13.6. The summed E-state index contributed by atoms with van der Waals surface area (Å²) in [5.41, 5.74) is 0.321. The highest BCUT2D eigenvalue weighted by Gasteiger charge is 2.78. The third-order valence-corrected chi connectivity index (χ3v) is 13.1. The maximum absolute atomic E-state index is 14.4. The number of carboxylic acids is 1. The second kappa shape index (κ2) is 6.55. The molecule has 8 atom stereocenters. The molecule has 5 rings (SSSR count). The maximum atomic E-state index is 14.4. The zero-order chi connectivity index (χ0) is 24.4. The summed E-state index contributed by atoms with van der Waals surface area (Å²) < 4.78 is 0. The van der Waals surface area contributed by atoms with Crippen LogP contribution in [0.5, 0.6) is 0 Å². The van der Waals surface area contributed by atoms with Gasteiger partial charge in [-0.1, -0.05) is 67.0 Å². The molecule has 0 unspecified atom stereocenters. The monoisotopic (exact) mass is 454 g/mol. The van der Waals surface area contributed by atoms with Crippen LogP contribution in [0.2, 0.25) is 0 Å². The van der Waals surface area contributed by atoms with Gasteiger partial charge in [-0.05, 0) is 90.3 Å². The van der Waals surface area contributed by atoms with Gasteiger partial charge in [-0.25, -0.2) is 0 Å². The molecule has 3 heteroatoms. The van der Waals surface area contributed by atoms with Crippen LogP contribution in [0.15, 0.2) is 11.6 Å². The number of carboxylic acid groups (broad SMARTS) is 1. The fraction of sp³-hybridized carbons (Fsp3) is 0.867. The standard InChI is InChI=1S/C30H46O3/c1-18(2)19-9-10-21-26(19,5)13-14-28(7)22-12-11-20-25(3,4)24(33)30(22,16-15-27(21,28)6)29(20,8)17-23(31)32/h12,18-21H,9-11,13-17H2,1-8H3,(H,31,32)/t19-,20+,21-,26-,27+,28-,29-,30-/m1/s1. The summed E-state index contributed by atoms with van der Waals surface area (Å²) >= 11 is 0. The highest BCUT2D eigenvalue weighted by Crippen LogP contribution is 2.81. The van der Waals surface area contributed by atoms with Crippen molar-refractivity contribution in [3.05, 3.63) is 11.6 Å². The van der Waals surface area contributed by atoms with E-state index in [0.717, 1.165) is 31.6 Å². The van der Waals surface area contributed by atoms with Crippen LogP contribution in [0.1, 0.15) is 107 Å². The summed E-state index contributed by atoms with van der Waals surface area (Å²) in [6.07, 6.45) is 10.3. The Morgan fingerprint density at radius 2 is 1.67 bits per heavy atom. The Bertz CT molecular complexity index is 944. The molecule has 0 aromatic rings. The van der Waals surface area contributed by atoms with Crippen molar-refractivity contribution in [1.29, 1.82) is 0 Å². The van der Waals surface area contributed by atoms with Crippen molar-refractivity contribution in [2.45, 2.75) is 107 Å². The number of rotatable bonds is 3. The predicted molar refractivity (Wildman–Crippen MR) is 132 cm³/mol. The quantitative estimate of drug-likeness (QED) is 0.455. The minimum Gasteiger partial charge on any atom is -0.481 e. The molecular formula is C30H46O3. The van der Waals surface area contributed by atoms with Crippen molar-refractivity contribution in [3.8, 4) is 0 Å². The molecule has 33 heavy (non-hydrogen) atoms. The SMILES string of the molecule is CC(C)[C@H]1CC[C@@H]2[C@]1(C)CC[C@]1(C)C3=CC[C@H]4C(C)(C)C(=O)[C@]3(CC[C@@]21C)[C@]4(C)CC(=O)O. The summed E-state index contributed by atoms with van der Waals surface area (Å²) in [6, 6.07) is 0. The van der Waals surface area contributed by atoms with Gasteiger partial charge in [0.25, 0.3) is 0 Å². The van der Waals surface area contributed by atoms with Crippen molar-refractivity contribution < 1.29 is 14.7 Å². The number of ketones is 1. The van der Waals surface area contributed by atoms with Gasteiger partial charge in [0.15, 0.2) is 0 Å². The lowest BCUT2D eigenvalue weighted by atomic mass is 9.34. The molecule has 184 valence electrons. The number of carbonyl (C=O) groups excluding carboxylic acids is 1. The number of hydrogen-bond acceptors (Lipinski definition) is 2. The molecule has 0 heterocycles. The summed E-state index contributed by atoms with van der Waals surface area (Å²) in [5.74, 6) is 1.88. The second-order valence-corrected chi connectivity index (χ2v) is 14.6. The maximum Gasteiger partial charge on any atom is 0.303 e. The van der Waals surface area contributed by atoms with Crippen LogP contribution in [0.25, 0.3) is 0 Å². The van der Waals surface area contributed by atoms with Gasteiger partial charge in [0.2, 0.25) is 0 Å². The van der Waals surface area contributed by atoms with Crippen molar-refractivity contribution >= 4 is 11.8 Å². The van der Waals surface area contributed by atoms with Crippen LogP contribution < -0.4 is 0 Å². The third-order valence-electron chi connectivity index (χ3n) is 13.1. The highest BCUT2D eigenvalue weighted by molar-refractivity contribution is 5.98. The Kier molecular flexibility index (Phi) is 4.69. The van der Waals surface area contributed by atoms with E-state index in [4.69, 9.17) is 0 Å². The van der Waals surface area contributed by atoms with Gasteiger partial charge < -0.3 is 5.11 Å². The van der Waals surface area contributed by atoms with Crippen molar-refractivity contribution in [2.75, 3.05) is 0 Å². The summed E-state index contributed by atoms with van der Waals surface area (Å²) in [5, 5.41) is 9.99. The second-order valence-electron chi connectivity index (χ2n) is 14.6. The molecule has 1 N–H and O–H groups in total. The average Bonchev–Trinajstić information content (AvgIpc) is 3.07. The smallest absolute Gasteiger partial charge is 0.303 e. The van der Waals surface area contributed by atoms with Crippen molar-refractivity contribution in [1.82, 2.24) is 0 Å². The van der Waals surface area contributed by atoms with E-state index >= 15 is 0 Å². The molecule has 0 radical (unpaired) electrons. The molecule has 0 amide bonds. The number of aliphatic carboxylic acids is 1. The molecular weight excluding hydrogens is 408 g/mol. The lowest BCUT2D eigenvalue weighted by molar-refractivity contribution is -0.162. The van der Waals surface area contributed by atoms with E-state index < -0.39 is 22.2 Å². The molecule has 5 aliphatic rings. The zero-order valence-corrected chi connectivity index (χ0v) is 22.3. The van der Waals surface area contributed by atoms with Crippen molar-refractivity contribution in [2.24, 2.45) is 56.2 Å². The molecule has 2 bridgehead atoms. The largest absolute Gasteiger partial charge is 0.481 e. The van der Waals surface area contributed by atoms with Gasteiger partial charge in [0, 0.05) is 5.41 Å². The van der Waals surface area contributed by atoms with E-state index in [-0.39, 0.29) is 23.2 Å². The van der Waals surface area contributed by atoms with Gasteiger partial charge in [-0.3, -0.25) is 9.59 Å². The number of allylic oxidation sites excluding steroid dienone is 2. The zero-order valence-electron chi connectivity index (χ0n) is 22.3. The summed E-state index contributed by atoms with van der Waals surface area (Å²) in [6.45, 7) is 18.8. The van der Waals surface area contributed by atoms with Gasteiger partial charge in [0.1, 0.15) is 5.78 Å². The first-order chi connectivity index (χ1) is 15.1. The Balaban J connectivity index is 1.66. The first kappa shape index (κ1) is 23.6. The van der Waals surface area contributed by atoms with Crippen LogP contribution in [-0.4, -0.2) is 16.9 Å². The summed E-state index contributed by atoms with van der Waals surface area (Å²) in [7, 11) is 0. The van der Waals surface area contributed by atoms with Crippen LogP contribution in [0.4, 0.5) is 0 Å². The normalized spacial score (nSPS) is 52.2. The molecule has 5 aliphatic carbocycles. The topological polar surface area (TPSA) is 54.4 Å². The molecule has 4 fully saturated rings. The van der Waals surface area contributed by atoms with E-state index in [9.17, 15) is 14.7 Å². The minimum atomic E-state index is -0.751. The van der Waals surface area contributed by atoms with Gasteiger partial charge in [-0.2, -0.15) is 0 Å². The molecule has 4 saturated carbocycles. The Morgan fingerprint density at radius 1 is 1.00 bits per heavy atom. The lowest BCUT2D eigenvalue weighted by Crippen LogP contribution is -2.63. The number of fused-ring (bicyclic) bond motifs is 5. The first-order valence-electron chi connectivity index (χ1n) is 13.6. The fourth-order valence-electron chi connectivity index (χ4n) is 11.6. The van der Waals surface area contributed by atoms with Crippen LogP contribution in [-0.2, 0) is 9.59 Å². The van der Waals surface area contributed by atoms with E-state index in [2.05, 4.69) is 61.5 Å². The minimum absolute atomic E-state index is 0.0257. The molecule has 3 nitrogen and oxygen atoms in total. The highest BCUT2D eigenvalue weighted by atomic mass is 16.4. The molecule has 1 spiro atoms. The molecule has 0 aromatic carbocycles. The van der Waals surface area contributed by atoms with Gasteiger partial charge in [-0.15, -0.1) is 0 Å². The van der Waals surface area contributed by atoms with E-state index in [1.54, 1.807) is 0 Å². The Morgan fingerprint density at radius 3 is 2.27 bits per heavy atom. The van der Waals surface area contributed by atoms with Crippen LogP contribution in [0.3, 0.4) is 0 Å². The van der Waals surface area contributed by atoms with Crippen molar-refractivity contribution in [3.63, 3.8) is 0 Å².